The summed E-state index contributed by atoms with van der Waals surface area (Å²) >= 11 is 1.84. The fraction of sp³-hybridized carbons (Fsp3) is 0.769. The van der Waals surface area contributed by atoms with Crippen LogP contribution in [-0.4, -0.2) is 42.7 Å². The van der Waals surface area contributed by atoms with E-state index >= 15 is 0 Å². The molecule has 1 fully saturated rings. The molecule has 0 aliphatic carbocycles. The molecular formula is C13H21N3OS. The van der Waals surface area contributed by atoms with Gasteiger partial charge in [-0.1, -0.05) is 6.92 Å². The molecule has 0 saturated carbocycles. The molecule has 100 valence electrons. The van der Waals surface area contributed by atoms with Crippen LogP contribution in [0.15, 0.2) is 0 Å². The molecule has 2 aliphatic rings. The summed E-state index contributed by atoms with van der Waals surface area (Å²) < 4.78 is 5.90. The first-order chi connectivity index (χ1) is 8.86. The largest absolute Gasteiger partial charge is 0.368 e. The lowest BCUT2D eigenvalue weighted by Crippen LogP contribution is -2.38. The van der Waals surface area contributed by atoms with Crippen molar-refractivity contribution in [3.63, 3.8) is 0 Å². The predicted octanol–water partition coefficient (Wildman–Crippen LogP) is 1.57. The lowest BCUT2D eigenvalue weighted by molar-refractivity contribution is -0.0299. The summed E-state index contributed by atoms with van der Waals surface area (Å²) in [6.07, 6.45) is 2.48. The van der Waals surface area contributed by atoms with Crippen LogP contribution < -0.4 is 5.32 Å². The van der Waals surface area contributed by atoms with Gasteiger partial charge in [-0.3, -0.25) is 4.90 Å². The Morgan fingerprint density at radius 2 is 2.50 bits per heavy atom. The van der Waals surface area contributed by atoms with Gasteiger partial charge < -0.3 is 10.1 Å². The first-order valence-corrected chi connectivity index (χ1v) is 7.71. The lowest BCUT2D eigenvalue weighted by atomic mass is 10.2. The monoisotopic (exact) mass is 267 g/mol. The number of thiazole rings is 1. The van der Waals surface area contributed by atoms with Crippen LogP contribution in [0, 0.1) is 0 Å². The van der Waals surface area contributed by atoms with Crippen molar-refractivity contribution < 1.29 is 4.74 Å². The molecule has 1 atom stereocenters. The van der Waals surface area contributed by atoms with Crippen LogP contribution >= 0.6 is 11.3 Å². The zero-order valence-corrected chi connectivity index (χ0v) is 11.8. The van der Waals surface area contributed by atoms with E-state index in [2.05, 4.69) is 17.1 Å². The molecule has 18 heavy (non-hydrogen) atoms. The minimum absolute atomic E-state index is 0.195. The Bertz CT molecular complexity index is 381. The van der Waals surface area contributed by atoms with Crippen LogP contribution in [0.4, 0.5) is 0 Å². The van der Waals surface area contributed by atoms with E-state index in [1.807, 2.05) is 11.3 Å². The summed E-state index contributed by atoms with van der Waals surface area (Å²) in [4.78, 5) is 8.70. The minimum Gasteiger partial charge on any atom is -0.368 e. The molecule has 2 aliphatic heterocycles. The summed E-state index contributed by atoms with van der Waals surface area (Å²) in [6.45, 7) is 8.37. The van der Waals surface area contributed by atoms with Crippen LogP contribution in [0.1, 0.15) is 35.0 Å². The number of rotatable bonds is 3. The summed E-state index contributed by atoms with van der Waals surface area (Å²) in [5.74, 6) is 0. The van der Waals surface area contributed by atoms with Gasteiger partial charge in [-0.15, -0.1) is 11.3 Å². The average Bonchev–Trinajstić information content (AvgIpc) is 2.83. The number of fused-ring (bicyclic) bond motifs is 1. The van der Waals surface area contributed by atoms with E-state index < -0.39 is 0 Å². The van der Waals surface area contributed by atoms with Crippen molar-refractivity contribution in [1.82, 2.24) is 15.2 Å². The highest BCUT2D eigenvalue weighted by atomic mass is 32.1. The van der Waals surface area contributed by atoms with Crippen molar-refractivity contribution in [3.8, 4) is 0 Å². The second-order valence-electron chi connectivity index (χ2n) is 5.01. The molecular weight excluding hydrogens is 246 g/mol. The highest BCUT2D eigenvalue weighted by molar-refractivity contribution is 7.11. The van der Waals surface area contributed by atoms with Crippen LogP contribution in [-0.2, 0) is 17.7 Å². The van der Waals surface area contributed by atoms with Crippen molar-refractivity contribution >= 4 is 11.3 Å². The number of ether oxygens (including phenoxy) is 1. The Morgan fingerprint density at radius 3 is 3.33 bits per heavy atom. The van der Waals surface area contributed by atoms with Gasteiger partial charge in [-0.25, -0.2) is 4.98 Å². The third-order valence-electron chi connectivity index (χ3n) is 3.58. The second-order valence-corrected chi connectivity index (χ2v) is 6.12. The zero-order chi connectivity index (χ0) is 12.4. The van der Waals surface area contributed by atoms with Gasteiger partial charge in [0.15, 0.2) is 0 Å². The van der Waals surface area contributed by atoms with Crippen molar-refractivity contribution in [2.45, 2.75) is 32.4 Å². The van der Waals surface area contributed by atoms with Gasteiger partial charge in [0.25, 0.3) is 0 Å². The number of aromatic nitrogens is 1. The van der Waals surface area contributed by atoms with Gasteiger partial charge in [-0.2, -0.15) is 0 Å². The van der Waals surface area contributed by atoms with Crippen molar-refractivity contribution in [2.24, 2.45) is 0 Å². The van der Waals surface area contributed by atoms with E-state index in [0.717, 1.165) is 39.2 Å². The molecule has 1 aromatic heterocycles. The average molecular weight is 267 g/mol. The van der Waals surface area contributed by atoms with Crippen LogP contribution in [0.25, 0.3) is 0 Å². The van der Waals surface area contributed by atoms with Gasteiger partial charge in [0, 0.05) is 37.5 Å². The van der Waals surface area contributed by atoms with Crippen molar-refractivity contribution in [1.29, 1.82) is 0 Å². The molecule has 4 nitrogen and oxygen atoms in total. The van der Waals surface area contributed by atoms with E-state index in [4.69, 9.17) is 9.72 Å². The fourth-order valence-corrected chi connectivity index (χ4v) is 3.78. The van der Waals surface area contributed by atoms with Gasteiger partial charge in [0.2, 0.25) is 0 Å². The quantitative estimate of drug-likeness (QED) is 0.902. The summed E-state index contributed by atoms with van der Waals surface area (Å²) in [5.41, 5.74) is 1.30. The molecule has 5 heteroatoms. The fourth-order valence-electron chi connectivity index (χ4n) is 2.65. The zero-order valence-electron chi connectivity index (χ0n) is 10.9. The number of hydrogen-bond acceptors (Lipinski definition) is 5. The summed E-state index contributed by atoms with van der Waals surface area (Å²) in [6, 6.07) is 0. The Hall–Kier alpha value is -0.490. The SMILES string of the molecule is CCCN1CCOC(c2nc3c(s2)CNCC3)C1. The van der Waals surface area contributed by atoms with E-state index in [0.29, 0.717) is 0 Å². The third-order valence-corrected chi connectivity index (χ3v) is 4.77. The molecule has 1 N–H and O–H groups in total. The molecule has 1 unspecified atom stereocenters. The normalized spacial score (nSPS) is 25.1. The number of nitrogens with zero attached hydrogens (tertiary/aromatic N) is 2. The smallest absolute Gasteiger partial charge is 0.123 e. The summed E-state index contributed by atoms with van der Waals surface area (Å²) in [7, 11) is 0. The van der Waals surface area contributed by atoms with Crippen LogP contribution in [0.2, 0.25) is 0 Å². The molecule has 0 bridgehead atoms. The van der Waals surface area contributed by atoms with Gasteiger partial charge >= 0.3 is 0 Å². The van der Waals surface area contributed by atoms with Gasteiger partial charge in [0.1, 0.15) is 11.1 Å². The third kappa shape index (κ3) is 2.59. The van der Waals surface area contributed by atoms with Crippen LogP contribution in [0.3, 0.4) is 0 Å². The Labute approximate surface area is 112 Å². The highest BCUT2D eigenvalue weighted by Gasteiger charge is 2.26. The van der Waals surface area contributed by atoms with Crippen molar-refractivity contribution in [2.75, 3.05) is 32.8 Å². The Morgan fingerprint density at radius 1 is 1.56 bits per heavy atom. The van der Waals surface area contributed by atoms with E-state index in [-0.39, 0.29) is 6.10 Å². The Balaban J connectivity index is 1.71. The maximum atomic E-state index is 5.90. The highest BCUT2D eigenvalue weighted by Crippen LogP contribution is 2.30. The Kier molecular flexibility index (Phi) is 3.94. The van der Waals surface area contributed by atoms with E-state index in [1.54, 1.807) is 0 Å². The number of nitrogens with one attached hydrogen (secondary N) is 1. The van der Waals surface area contributed by atoms with E-state index in [9.17, 15) is 0 Å². The maximum Gasteiger partial charge on any atom is 0.123 e. The van der Waals surface area contributed by atoms with Gasteiger partial charge in [0.05, 0.1) is 12.3 Å². The first kappa shape index (κ1) is 12.5. The van der Waals surface area contributed by atoms with Crippen LogP contribution in [0.5, 0.6) is 0 Å². The molecule has 3 rings (SSSR count). The molecule has 0 amide bonds. The number of morpholine rings is 1. The lowest BCUT2D eigenvalue weighted by Gasteiger charge is -2.31. The number of hydrogen-bond donors (Lipinski definition) is 1. The standard InChI is InChI=1S/C13H21N3OS/c1-2-5-16-6-7-17-11(9-16)13-15-10-3-4-14-8-12(10)18-13/h11,14H,2-9H2,1H3. The molecule has 3 heterocycles. The molecule has 1 saturated heterocycles. The first-order valence-electron chi connectivity index (χ1n) is 6.90. The molecule has 1 aromatic rings. The molecule has 0 spiro atoms. The predicted molar refractivity (Wildman–Crippen MR) is 72.9 cm³/mol. The molecule has 0 aromatic carbocycles. The second kappa shape index (κ2) is 5.65. The topological polar surface area (TPSA) is 37.4 Å². The van der Waals surface area contributed by atoms with E-state index in [1.165, 1.54) is 28.5 Å². The van der Waals surface area contributed by atoms with Crippen molar-refractivity contribution in [3.05, 3.63) is 15.6 Å². The molecule has 0 radical (unpaired) electrons. The minimum atomic E-state index is 0.195. The van der Waals surface area contributed by atoms with Gasteiger partial charge in [-0.05, 0) is 13.0 Å². The maximum absolute atomic E-state index is 5.90. The summed E-state index contributed by atoms with van der Waals surface area (Å²) in [5, 5.41) is 4.59.